The second-order valence-electron chi connectivity index (χ2n) is 4.75. The minimum absolute atomic E-state index is 0.0695. The zero-order valence-corrected chi connectivity index (χ0v) is 9.80. The summed E-state index contributed by atoms with van der Waals surface area (Å²) in [5.41, 5.74) is 0.732. The van der Waals surface area contributed by atoms with Crippen molar-refractivity contribution in [2.24, 2.45) is 5.92 Å². The van der Waals surface area contributed by atoms with E-state index in [0.29, 0.717) is 13.0 Å². The second kappa shape index (κ2) is 5.26. The van der Waals surface area contributed by atoms with Crippen molar-refractivity contribution in [1.29, 1.82) is 0 Å². The molecule has 2 atom stereocenters. The Morgan fingerprint density at radius 3 is 2.72 bits per heavy atom. The highest BCUT2D eigenvalue weighted by molar-refractivity contribution is 5.17. The van der Waals surface area contributed by atoms with E-state index in [1.165, 1.54) is 12.1 Å². The van der Waals surface area contributed by atoms with Gasteiger partial charge < -0.3 is 5.32 Å². The summed E-state index contributed by atoms with van der Waals surface area (Å²) < 4.78 is 50.9. The first-order valence-electron chi connectivity index (χ1n) is 5.99. The van der Waals surface area contributed by atoms with Crippen LogP contribution in [0.4, 0.5) is 17.6 Å². The van der Waals surface area contributed by atoms with Gasteiger partial charge in [0.25, 0.3) is 0 Å². The number of piperidine rings is 1. The van der Waals surface area contributed by atoms with Crippen LogP contribution in [-0.2, 0) is 6.42 Å². The lowest BCUT2D eigenvalue weighted by Crippen LogP contribution is -2.43. The topological polar surface area (TPSA) is 12.0 Å². The Bertz CT molecular complexity index is 402. The number of rotatable bonds is 2. The fourth-order valence-electron chi connectivity index (χ4n) is 2.41. The van der Waals surface area contributed by atoms with Crippen molar-refractivity contribution in [2.45, 2.75) is 31.5 Å². The van der Waals surface area contributed by atoms with Crippen LogP contribution in [0.25, 0.3) is 0 Å². The standard InChI is InChI=1S/C13H15F4N/c14-11-3-1-2-9(6-11)7-12-8-10(4-5-18-12)13(15,16)17/h1-3,6,10,12,18H,4-5,7-8H2. The van der Waals surface area contributed by atoms with Crippen LogP contribution in [0.3, 0.4) is 0 Å². The number of benzene rings is 1. The van der Waals surface area contributed by atoms with Gasteiger partial charge in [-0.15, -0.1) is 0 Å². The summed E-state index contributed by atoms with van der Waals surface area (Å²) in [5.74, 6) is -1.59. The molecule has 2 rings (SSSR count). The average Bonchev–Trinajstić information content (AvgIpc) is 2.28. The first-order valence-corrected chi connectivity index (χ1v) is 5.99. The smallest absolute Gasteiger partial charge is 0.314 e. The molecule has 1 aliphatic rings. The van der Waals surface area contributed by atoms with E-state index < -0.39 is 12.1 Å². The predicted molar refractivity (Wildman–Crippen MR) is 60.7 cm³/mol. The van der Waals surface area contributed by atoms with Gasteiger partial charge in [-0.2, -0.15) is 13.2 Å². The van der Waals surface area contributed by atoms with Gasteiger partial charge in [-0.1, -0.05) is 12.1 Å². The Balaban J connectivity index is 1.98. The average molecular weight is 261 g/mol. The van der Waals surface area contributed by atoms with E-state index in [4.69, 9.17) is 0 Å². The molecule has 1 heterocycles. The van der Waals surface area contributed by atoms with Crippen molar-refractivity contribution in [3.8, 4) is 0 Å². The van der Waals surface area contributed by atoms with E-state index in [2.05, 4.69) is 5.32 Å². The highest BCUT2D eigenvalue weighted by atomic mass is 19.4. The lowest BCUT2D eigenvalue weighted by atomic mass is 9.89. The maximum atomic E-state index is 13.0. The van der Waals surface area contributed by atoms with Gasteiger partial charge in [0.15, 0.2) is 0 Å². The van der Waals surface area contributed by atoms with E-state index in [-0.39, 0.29) is 24.7 Å². The van der Waals surface area contributed by atoms with Crippen molar-refractivity contribution >= 4 is 0 Å². The molecule has 1 aliphatic heterocycles. The zero-order valence-electron chi connectivity index (χ0n) is 9.80. The molecule has 1 N–H and O–H groups in total. The summed E-state index contributed by atoms with van der Waals surface area (Å²) in [7, 11) is 0. The van der Waals surface area contributed by atoms with Crippen LogP contribution in [0.2, 0.25) is 0 Å². The van der Waals surface area contributed by atoms with Crippen LogP contribution >= 0.6 is 0 Å². The highest BCUT2D eigenvalue weighted by Crippen LogP contribution is 2.34. The molecular formula is C13H15F4N. The van der Waals surface area contributed by atoms with Gasteiger partial charge in [0, 0.05) is 6.04 Å². The molecule has 0 radical (unpaired) electrons. The van der Waals surface area contributed by atoms with Crippen molar-refractivity contribution < 1.29 is 17.6 Å². The van der Waals surface area contributed by atoms with Crippen LogP contribution in [0.5, 0.6) is 0 Å². The molecule has 1 aromatic rings. The Hall–Kier alpha value is -1.10. The van der Waals surface area contributed by atoms with Gasteiger partial charge in [-0.05, 0) is 43.5 Å². The molecule has 2 unspecified atom stereocenters. The molecule has 1 aromatic carbocycles. The minimum atomic E-state index is -4.12. The molecule has 1 fully saturated rings. The highest BCUT2D eigenvalue weighted by Gasteiger charge is 2.41. The molecule has 18 heavy (non-hydrogen) atoms. The molecule has 1 nitrogen and oxygen atoms in total. The zero-order chi connectivity index (χ0) is 13.2. The van der Waals surface area contributed by atoms with Crippen LogP contribution in [0, 0.1) is 11.7 Å². The maximum Gasteiger partial charge on any atom is 0.391 e. The summed E-state index contributed by atoms with van der Waals surface area (Å²) in [4.78, 5) is 0. The first-order chi connectivity index (χ1) is 8.45. The number of alkyl halides is 3. The summed E-state index contributed by atoms with van der Waals surface area (Å²) in [6.45, 7) is 0.365. The van der Waals surface area contributed by atoms with Gasteiger partial charge >= 0.3 is 6.18 Å². The monoisotopic (exact) mass is 261 g/mol. The second-order valence-corrected chi connectivity index (χ2v) is 4.75. The van der Waals surface area contributed by atoms with Crippen molar-refractivity contribution in [3.63, 3.8) is 0 Å². The van der Waals surface area contributed by atoms with E-state index in [1.807, 2.05) is 0 Å². The Kier molecular flexibility index (Phi) is 3.90. The maximum absolute atomic E-state index is 13.0. The third-order valence-corrected chi connectivity index (χ3v) is 3.33. The van der Waals surface area contributed by atoms with E-state index in [9.17, 15) is 17.6 Å². The number of nitrogens with one attached hydrogen (secondary N) is 1. The number of hydrogen-bond acceptors (Lipinski definition) is 1. The molecule has 100 valence electrons. The largest absolute Gasteiger partial charge is 0.391 e. The SMILES string of the molecule is Fc1cccc(CC2CC(C(F)(F)F)CCN2)c1. The molecule has 1 saturated heterocycles. The third kappa shape index (κ3) is 3.45. The molecular weight excluding hydrogens is 246 g/mol. The van der Waals surface area contributed by atoms with Gasteiger partial charge in [-0.25, -0.2) is 4.39 Å². The summed E-state index contributed by atoms with van der Waals surface area (Å²) in [6.07, 6.45) is -3.49. The molecule has 0 spiro atoms. The third-order valence-electron chi connectivity index (χ3n) is 3.33. The van der Waals surface area contributed by atoms with Gasteiger partial charge in [0.2, 0.25) is 0 Å². The Labute approximate surface area is 103 Å². The molecule has 5 heteroatoms. The fourth-order valence-corrected chi connectivity index (χ4v) is 2.41. The Morgan fingerprint density at radius 1 is 1.28 bits per heavy atom. The number of hydrogen-bond donors (Lipinski definition) is 1. The van der Waals surface area contributed by atoms with Gasteiger partial charge in [0.05, 0.1) is 5.92 Å². The lowest BCUT2D eigenvalue weighted by molar-refractivity contribution is -0.183. The molecule has 0 aromatic heterocycles. The van der Waals surface area contributed by atoms with Crippen LogP contribution < -0.4 is 5.32 Å². The first kappa shape index (κ1) is 13.3. The van der Waals surface area contributed by atoms with Crippen LogP contribution in [0.1, 0.15) is 18.4 Å². The molecule has 0 saturated carbocycles. The van der Waals surface area contributed by atoms with E-state index in [0.717, 1.165) is 5.56 Å². The fraction of sp³-hybridized carbons (Fsp3) is 0.538. The Morgan fingerprint density at radius 2 is 2.06 bits per heavy atom. The van der Waals surface area contributed by atoms with E-state index >= 15 is 0 Å². The molecule has 0 bridgehead atoms. The van der Waals surface area contributed by atoms with E-state index in [1.54, 1.807) is 12.1 Å². The summed E-state index contributed by atoms with van der Waals surface area (Å²) >= 11 is 0. The lowest BCUT2D eigenvalue weighted by Gasteiger charge is -2.31. The molecule has 0 aliphatic carbocycles. The van der Waals surface area contributed by atoms with Crippen molar-refractivity contribution in [2.75, 3.05) is 6.54 Å². The number of halogens is 4. The summed E-state index contributed by atoms with van der Waals surface area (Å²) in [5, 5.41) is 3.07. The van der Waals surface area contributed by atoms with Gasteiger partial charge in [0.1, 0.15) is 5.82 Å². The molecule has 0 amide bonds. The minimum Gasteiger partial charge on any atom is -0.314 e. The quantitative estimate of drug-likeness (QED) is 0.805. The van der Waals surface area contributed by atoms with Crippen molar-refractivity contribution in [1.82, 2.24) is 5.32 Å². The van der Waals surface area contributed by atoms with Crippen LogP contribution in [-0.4, -0.2) is 18.8 Å². The van der Waals surface area contributed by atoms with Gasteiger partial charge in [-0.3, -0.25) is 0 Å². The van der Waals surface area contributed by atoms with Crippen molar-refractivity contribution in [3.05, 3.63) is 35.6 Å². The summed E-state index contributed by atoms with van der Waals surface area (Å²) in [6, 6.07) is 5.79. The predicted octanol–water partition coefficient (Wildman–Crippen LogP) is 3.30. The normalized spacial score (nSPS) is 25.1. The van der Waals surface area contributed by atoms with Crippen LogP contribution in [0.15, 0.2) is 24.3 Å².